The van der Waals surface area contributed by atoms with E-state index >= 15 is 0 Å². The first-order valence-electron chi connectivity index (χ1n) is 9.73. The summed E-state index contributed by atoms with van der Waals surface area (Å²) >= 11 is 0.593. The molecule has 0 saturated heterocycles. The van der Waals surface area contributed by atoms with Gasteiger partial charge in [0.2, 0.25) is 17.4 Å². The van der Waals surface area contributed by atoms with Crippen molar-refractivity contribution in [1.82, 2.24) is 9.88 Å². The molecule has 0 bridgehead atoms. The van der Waals surface area contributed by atoms with Gasteiger partial charge >= 0.3 is 12.5 Å². The highest BCUT2D eigenvalue weighted by molar-refractivity contribution is 7.18. The van der Waals surface area contributed by atoms with Crippen LogP contribution in [0, 0.1) is 0 Å². The summed E-state index contributed by atoms with van der Waals surface area (Å²) in [5.41, 5.74) is -3.29. The first kappa shape index (κ1) is 26.2. The van der Waals surface area contributed by atoms with Crippen LogP contribution in [0.5, 0.6) is 5.75 Å². The van der Waals surface area contributed by atoms with E-state index < -0.39 is 53.7 Å². The van der Waals surface area contributed by atoms with Crippen molar-refractivity contribution in [2.24, 2.45) is 0 Å². The minimum absolute atomic E-state index is 0.0617. The Morgan fingerprint density at radius 3 is 2.26 bits per heavy atom. The minimum Gasteiger partial charge on any atom is -0.406 e. The molecule has 1 unspecified atom stereocenters. The van der Waals surface area contributed by atoms with E-state index in [2.05, 4.69) is 15.0 Å². The van der Waals surface area contributed by atoms with Gasteiger partial charge in [0, 0.05) is 12.7 Å². The van der Waals surface area contributed by atoms with E-state index in [1.807, 2.05) is 0 Å². The first-order valence-corrected chi connectivity index (χ1v) is 10.5. The fourth-order valence-corrected chi connectivity index (χ4v) is 4.02. The highest BCUT2D eigenvalue weighted by Gasteiger charge is 2.58. The van der Waals surface area contributed by atoms with Crippen LogP contribution in [0.2, 0.25) is 0 Å². The summed E-state index contributed by atoms with van der Waals surface area (Å²) in [7, 11) is 1.07. The quantitative estimate of drug-likeness (QED) is 0.449. The minimum atomic E-state index is -5.24. The summed E-state index contributed by atoms with van der Waals surface area (Å²) in [4.78, 5) is 29.2. The number of nitrogens with zero attached hydrogens (tertiary/aromatic N) is 2. The van der Waals surface area contributed by atoms with E-state index in [-0.39, 0.29) is 11.2 Å². The maximum absolute atomic E-state index is 13.8. The Bertz CT molecular complexity index is 1180. The Hall–Kier alpha value is -3.39. The van der Waals surface area contributed by atoms with E-state index in [0.717, 1.165) is 31.3 Å². The number of amides is 2. The topological polar surface area (TPSA) is 91.8 Å². The number of hydrogen-bond acceptors (Lipinski definition) is 6. The molecule has 3 rings (SSSR count). The number of nitrogens with one attached hydrogen (secondary N) is 1. The summed E-state index contributed by atoms with van der Waals surface area (Å²) in [6.45, 7) is -0.687. The number of rotatable bonds is 7. The Balaban J connectivity index is 1.67. The fraction of sp³-hybridized carbons (Fsp3) is 0.286. The summed E-state index contributed by atoms with van der Waals surface area (Å²) in [5, 5.41) is 12.1. The number of thiazole rings is 1. The predicted molar refractivity (Wildman–Crippen MR) is 114 cm³/mol. The van der Waals surface area contributed by atoms with Crippen molar-refractivity contribution in [2.75, 3.05) is 18.9 Å². The van der Waals surface area contributed by atoms with Crippen LogP contribution in [-0.2, 0) is 15.2 Å². The molecule has 14 heteroatoms. The van der Waals surface area contributed by atoms with E-state index in [1.165, 1.54) is 12.1 Å². The highest BCUT2D eigenvalue weighted by atomic mass is 32.1. The molecule has 35 heavy (non-hydrogen) atoms. The zero-order chi connectivity index (χ0) is 26.0. The lowest BCUT2D eigenvalue weighted by molar-refractivity contribution is -0.274. The Labute approximate surface area is 197 Å². The molecule has 3 aromatic rings. The number of benzene rings is 2. The van der Waals surface area contributed by atoms with Gasteiger partial charge in [0.15, 0.2) is 0 Å². The van der Waals surface area contributed by atoms with Gasteiger partial charge in [-0.1, -0.05) is 12.1 Å². The van der Waals surface area contributed by atoms with Crippen molar-refractivity contribution in [3.63, 3.8) is 0 Å². The molecule has 0 radical (unpaired) electrons. The van der Waals surface area contributed by atoms with Crippen LogP contribution >= 0.6 is 11.3 Å². The first-order chi connectivity index (χ1) is 16.2. The van der Waals surface area contributed by atoms with Gasteiger partial charge in [-0.05, 0) is 36.4 Å². The van der Waals surface area contributed by atoms with Crippen molar-refractivity contribution in [2.45, 2.75) is 24.6 Å². The third-order valence-electron chi connectivity index (χ3n) is 4.70. The molecule has 0 aliphatic heterocycles. The fourth-order valence-electron chi connectivity index (χ4n) is 2.94. The summed E-state index contributed by atoms with van der Waals surface area (Å²) in [6.07, 6.45) is -11.5. The molecule has 2 amide bonds. The number of likely N-dealkylation sites (N-methyl/N-ethyl adjacent to an activating group) is 1. The van der Waals surface area contributed by atoms with Crippen molar-refractivity contribution >= 4 is 39.1 Å². The molecule has 0 aliphatic rings. The molecule has 2 aromatic carbocycles. The molecule has 0 aliphatic carbocycles. The number of ether oxygens (including phenoxy) is 1. The molecule has 7 nitrogen and oxygen atoms in total. The third-order valence-corrected chi connectivity index (χ3v) is 5.89. The Morgan fingerprint density at radius 2 is 1.69 bits per heavy atom. The Kier molecular flexibility index (Phi) is 7.26. The van der Waals surface area contributed by atoms with Gasteiger partial charge < -0.3 is 20.1 Å². The summed E-state index contributed by atoms with van der Waals surface area (Å²) < 4.78 is 82.1. The standard InChI is InChI=1S/C21H17F6N3O4S/c1-30(11-16(31)28-12-6-8-13(9-7-12)34-21(25,26)27)17(32)10-19(33,20(22,23)24)18-29-14-4-2-3-5-15(14)35-18/h2-9,33H,10-11H2,1H3,(H,28,31). The monoisotopic (exact) mass is 521 g/mol. The van der Waals surface area contributed by atoms with Crippen LogP contribution < -0.4 is 10.1 Å². The molecule has 1 heterocycles. The van der Waals surface area contributed by atoms with Gasteiger partial charge in [-0.15, -0.1) is 24.5 Å². The lowest BCUT2D eigenvalue weighted by Crippen LogP contribution is -2.47. The third kappa shape index (κ3) is 6.39. The average Bonchev–Trinajstić information content (AvgIpc) is 3.18. The average molecular weight is 521 g/mol. The van der Waals surface area contributed by atoms with E-state index in [0.29, 0.717) is 20.9 Å². The van der Waals surface area contributed by atoms with Crippen LogP contribution in [0.3, 0.4) is 0 Å². The molecule has 1 aromatic heterocycles. The molecule has 2 N–H and O–H groups in total. The highest BCUT2D eigenvalue weighted by Crippen LogP contribution is 2.44. The lowest BCUT2D eigenvalue weighted by Gasteiger charge is -2.29. The smallest absolute Gasteiger partial charge is 0.406 e. The summed E-state index contributed by atoms with van der Waals surface area (Å²) in [5.74, 6) is -2.54. The molecular weight excluding hydrogens is 504 g/mol. The van der Waals surface area contributed by atoms with Crippen LogP contribution in [0.15, 0.2) is 48.5 Å². The number of carbonyl (C=O) groups is 2. The van der Waals surface area contributed by atoms with Gasteiger partial charge in [0.05, 0.1) is 23.2 Å². The van der Waals surface area contributed by atoms with Crippen molar-refractivity contribution in [3.05, 3.63) is 53.5 Å². The number of alkyl halides is 6. The van der Waals surface area contributed by atoms with Gasteiger partial charge in [-0.3, -0.25) is 9.59 Å². The van der Waals surface area contributed by atoms with E-state index in [1.54, 1.807) is 12.1 Å². The normalized spacial score (nSPS) is 13.8. The maximum atomic E-state index is 13.8. The van der Waals surface area contributed by atoms with Crippen molar-refractivity contribution < 1.29 is 45.8 Å². The predicted octanol–water partition coefficient (Wildman–Crippen LogP) is 4.43. The molecule has 0 saturated carbocycles. The number of carbonyl (C=O) groups excluding carboxylic acids is 2. The van der Waals surface area contributed by atoms with E-state index in [9.17, 15) is 41.0 Å². The summed E-state index contributed by atoms with van der Waals surface area (Å²) in [6, 6.07) is 10.2. The number of aromatic nitrogens is 1. The zero-order valence-corrected chi connectivity index (χ0v) is 18.6. The SMILES string of the molecule is CN(CC(=O)Nc1ccc(OC(F)(F)F)cc1)C(=O)CC(O)(c1nc2ccccc2s1)C(F)(F)F. The number of aliphatic hydroxyl groups is 1. The van der Waals surface area contributed by atoms with Crippen LogP contribution in [0.1, 0.15) is 11.4 Å². The lowest BCUT2D eigenvalue weighted by atomic mass is 9.99. The maximum Gasteiger partial charge on any atom is 0.573 e. The second kappa shape index (κ2) is 9.70. The van der Waals surface area contributed by atoms with Crippen LogP contribution in [0.4, 0.5) is 32.0 Å². The number of hydrogen-bond donors (Lipinski definition) is 2. The van der Waals surface area contributed by atoms with Gasteiger partial charge in [-0.25, -0.2) is 4.98 Å². The van der Waals surface area contributed by atoms with E-state index in [4.69, 9.17) is 0 Å². The van der Waals surface area contributed by atoms with Gasteiger partial charge in [0.25, 0.3) is 0 Å². The second-order valence-corrected chi connectivity index (χ2v) is 8.42. The zero-order valence-electron chi connectivity index (χ0n) is 17.8. The molecule has 188 valence electrons. The van der Waals surface area contributed by atoms with Gasteiger partial charge in [-0.2, -0.15) is 13.2 Å². The molecule has 1 atom stereocenters. The molecule has 0 spiro atoms. The van der Waals surface area contributed by atoms with Crippen LogP contribution in [-0.4, -0.2) is 52.9 Å². The largest absolute Gasteiger partial charge is 0.573 e. The van der Waals surface area contributed by atoms with Gasteiger partial charge in [0.1, 0.15) is 10.8 Å². The van der Waals surface area contributed by atoms with Crippen molar-refractivity contribution in [3.8, 4) is 5.75 Å². The number of anilines is 1. The molecule has 0 fully saturated rings. The van der Waals surface area contributed by atoms with Crippen LogP contribution in [0.25, 0.3) is 10.2 Å². The van der Waals surface area contributed by atoms with Crippen molar-refractivity contribution in [1.29, 1.82) is 0 Å². The Morgan fingerprint density at radius 1 is 1.06 bits per heavy atom. The molecular formula is C21H17F6N3O4S. The number of para-hydroxylation sites is 1. The number of fused-ring (bicyclic) bond motifs is 1. The number of halogens is 6. The second-order valence-electron chi connectivity index (χ2n) is 7.39.